The van der Waals surface area contributed by atoms with Crippen LogP contribution >= 0.6 is 0 Å². The molecule has 0 atom stereocenters. The number of aromatic nitrogens is 2. The second kappa shape index (κ2) is 9.54. The molecule has 1 saturated heterocycles. The lowest BCUT2D eigenvalue weighted by molar-refractivity contribution is 0.0952. The molecule has 1 fully saturated rings. The van der Waals surface area contributed by atoms with Crippen molar-refractivity contribution in [2.75, 3.05) is 44.2 Å². The molecular weight excluding hydrogens is 445 g/mol. The van der Waals surface area contributed by atoms with Crippen LogP contribution in [0.2, 0.25) is 0 Å². The van der Waals surface area contributed by atoms with Gasteiger partial charge in [0.25, 0.3) is 11.5 Å². The molecule has 0 bridgehead atoms. The van der Waals surface area contributed by atoms with Crippen LogP contribution in [0.25, 0.3) is 21.8 Å². The first kappa shape index (κ1) is 23.1. The summed E-state index contributed by atoms with van der Waals surface area (Å²) in [4.78, 5) is 30.7. The first-order chi connectivity index (χ1) is 16.9. The van der Waals surface area contributed by atoms with Gasteiger partial charge in [-0.2, -0.15) is 0 Å². The zero-order chi connectivity index (χ0) is 24.5. The molecular formula is C27H30FN5O2. The van der Waals surface area contributed by atoms with Crippen LogP contribution in [0.3, 0.4) is 0 Å². The van der Waals surface area contributed by atoms with Crippen molar-refractivity contribution in [3.05, 3.63) is 76.5 Å². The topological polar surface area (TPSA) is 62.5 Å². The summed E-state index contributed by atoms with van der Waals surface area (Å²) < 4.78 is 16.5. The predicted molar refractivity (Wildman–Crippen MR) is 138 cm³/mol. The van der Waals surface area contributed by atoms with Crippen LogP contribution in [0.5, 0.6) is 0 Å². The quantitative estimate of drug-likeness (QED) is 0.436. The highest BCUT2D eigenvalue weighted by atomic mass is 19.1. The number of hydrogen-bond acceptors (Lipinski definition) is 4. The molecule has 0 aliphatic carbocycles. The molecule has 0 unspecified atom stereocenters. The first-order valence-electron chi connectivity index (χ1n) is 12.0. The third-order valence-electron chi connectivity index (χ3n) is 6.97. The van der Waals surface area contributed by atoms with Crippen molar-refractivity contribution >= 4 is 33.4 Å². The van der Waals surface area contributed by atoms with Crippen LogP contribution in [0.4, 0.5) is 10.1 Å². The highest BCUT2D eigenvalue weighted by Crippen LogP contribution is 2.28. The molecule has 4 aromatic rings. The van der Waals surface area contributed by atoms with Gasteiger partial charge in [0, 0.05) is 75.0 Å². The van der Waals surface area contributed by atoms with Crippen LogP contribution < -0.4 is 15.8 Å². The fourth-order valence-corrected chi connectivity index (χ4v) is 5.05. The van der Waals surface area contributed by atoms with Crippen molar-refractivity contribution in [2.24, 2.45) is 14.1 Å². The Morgan fingerprint density at radius 2 is 1.71 bits per heavy atom. The highest BCUT2D eigenvalue weighted by molar-refractivity contribution is 6.17. The zero-order valence-corrected chi connectivity index (χ0v) is 20.1. The Bertz CT molecular complexity index is 1430. The van der Waals surface area contributed by atoms with E-state index >= 15 is 0 Å². The fourth-order valence-electron chi connectivity index (χ4n) is 5.05. The summed E-state index contributed by atoms with van der Waals surface area (Å²) in [6, 6.07) is 14.4. The molecule has 5 rings (SSSR count). The summed E-state index contributed by atoms with van der Waals surface area (Å²) in [5.41, 5.74) is 2.93. The maximum Gasteiger partial charge on any atom is 0.274 e. The Balaban J connectivity index is 1.20. The number of fused-ring (bicyclic) bond motifs is 3. The van der Waals surface area contributed by atoms with Crippen LogP contribution in [-0.2, 0) is 14.1 Å². The molecule has 1 aliphatic heterocycles. The maximum absolute atomic E-state index is 13.2. The lowest BCUT2D eigenvalue weighted by Crippen LogP contribution is -2.47. The van der Waals surface area contributed by atoms with Crippen molar-refractivity contribution in [3.63, 3.8) is 0 Å². The van der Waals surface area contributed by atoms with Gasteiger partial charge in [0.15, 0.2) is 0 Å². The van der Waals surface area contributed by atoms with Gasteiger partial charge < -0.3 is 19.4 Å². The molecule has 3 heterocycles. The molecule has 0 spiro atoms. The van der Waals surface area contributed by atoms with E-state index in [1.54, 1.807) is 13.2 Å². The van der Waals surface area contributed by atoms with Crippen molar-refractivity contribution < 1.29 is 9.18 Å². The number of carbonyl (C=O) groups is 1. The Kier molecular flexibility index (Phi) is 6.30. The lowest BCUT2D eigenvalue weighted by Gasteiger charge is -2.36. The van der Waals surface area contributed by atoms with E-state index in [-0.39, 0.29) is 17.3 Å². The molecule has 0 saturated carbocycles. The van der Waals surface area contributed by atoms with Gasteiger partial charge in [-0.1, -0.05) is 18.2 Å². The number of para-hydroxylation sites is 1. The summed E-state index contributed by atoms with van der Waals surface area (Å²) in [6.07, 6.45) is 2.48. The van der Waals surface area contributed by atoms with Crippen molar-refractivity contribution in [1.29, 1.82) is 0 Å². The summed E-state index contributed by atoms with van der Waals surface area (Å²) in [5.74, 6) is -0.378. The number of halogens is 1. The molecule has 2 aromatic carbocycles. The Labute approximate surface area is 203 Å². The highest BCUT2D eigenvalue weighted by Gasteiger charge is 2.21. The Hall–Kier alpha value is -3.65. The SMILES string of the molecule is Cn1cc(C(=O)NCCCN2CCN(c3ccc(F)cc3)CC2)c2c3ccccc3n(C)c2c1=O. The van der Waals surface area contributed by atoms with Gasteiger partial charge in [0.05, 0.1) is 5.56 Å². The monoisotopic (exact) mass is 475 g/mol. The molecule has 2 aromatic heterocycles. The minimum Gasteiger partial charge on any atom is -0.369 e. The smallest absolute Gasteiger partial charge is 0.274 e. The molecule has 1 amide bonds. The predicted octanol–water partition coefficient (Wildman–Crippen LogP) is 3.11. The molecule has 182 valence electrons. The number of anilines is 1. The van der Waals surface area contributed by atoms with Gasteiger partial charge in [-0.25, -0.2) is 4.39 Å². The number of benzene rings is 2. The van der Waals surface area contributed by atoms with Gasteiger partial charge in [-0.05, 0) is 43.3 Å². The number of pyridine rings is 1. The summed E-state index contributed by atoms with van der Waals surface area (Å²) in [6.45, 7) is 5.12. The average molecular weight is 476 g/mol. The van der Waals surface area contributed by atoms with E-state index in [1.165, 1.54) is 16.7 Å². The largest absolute Gasteiger partial charge is 0.369 e. The van der Waals surface area contributed by atoms with E-state index in [0.717, 1.165) is 55.7 Å². The normalized spacial score (nSPS) is 14.7. The lowest BCUT2D eigenvalue weighted by atomic mass is 10.1. The maximum atomic E-state index is 13.2. The van der Waals surface area contributed by atoms with Crippen LogP contribution in [0, 0.1) is 5.82 Å². The van der Waals surface area contributed by atoms with Crippen LogP contribution in [-0.4, -0.2) is 59.2 Å². The van der Waals surface area contributed by atoms with Crippen LogP contribution in [0.1, 0.15) is 16.8 Å². The summed E-state index contributed by atoms with van der Waals surface area (Å²) in [5, 5.41) is 4.67. The number of piperazine rings is 1. The summed E-state index contributed by atoms with van der Waals surface area (Å²) in [7, 11) is 3.55. The molecule has 35 heavy (non-hydrogen) atoms. The Morgan fingerprint density at radius 3 is 2.46 bits per heavy atom. The van der Waals surface area contributed by atoms with Crippen molar-refractivity contribution in [2.45, 2.75) is 6.42 Å². The molecule has 1 aliphatic rings. The van der Waals surface area contributed by atoms with Gasteiger partial charge in [0.2, 0.25) is 0 Å². The van der Waals surface area contributed by atoms with Gasteiger partial charge in [-0.3, -0.25) is 14.5 Å². The zero-order valence-electron chi connectivity index (χ0n) is 20.1. The minimum atomic E-state index is -0.214. The summed E-state index contributed by atoms with van der Waals surface area (Å²) >= 11 is 0. The van der Waals surface area contributed by atoms with E-state index in [4.69, 9.17) is 0 Å². The molecule has 7 nitrogen and oxygen atoms in total. The molecule has 1 N–H and O–H groups in total. The standard InChI is InChI=1S/C27H30FN5O2/c1-30-18-22(24-21-6-3-4-7-23(21)31(2)25(24)27(30)35)26(34)29-12-5-13-32-14-16-33(17-15-32)20-10-8-19(28)9-11-20/h3-4,6-11,18H,5,12-17H2,1-2H3,(H,29,34). The number of carbonyl (C=O) groups excluding carboxylic acids is 1. The van der Waals surface area contributed by atoms with E-state index in [9.17, 15) is 14.0 Å². The minimum absolute atomic E-state index is 0.116. The number of hydrogen-bond donors (Lipinski definition) is 1. The fraction of sp³-hybridized carbons (Fsp3) is 0.333. The van der Waals surface area contributed by atoms with E-state index in [0.29, 0.717) is 23.0 Å². The Morgan fingerprint density at radius 1 is 1.00 bits per heavy atom. The van der Waals surface area contributed by atoms with E-state index < -0.39 is 0 Å². The van der Waals surface area contributed by atoms with Gasteiger partial charge >= 0.3 is 0 Å². The number of nitrogens with zero attached hydrogens (tertiary/aromatic N) is 4. The third-order valence-corrected chi connectivity index (χ3v) is 6.97. The first-order valence-corrected chi connectivity index (χ1v) is 12.0. The average Bonchev–Trinajstić information content (AvgIpc) is 3.17. The van der Waals surface area contributed by atoms with Gasteiger partial charge in [-0.15, -0.1) is 0 Å². The number of nitrogens with one attached hydrogen (secondary N) is 1. The second-order valence-electron chi connectivity index (χ2n) is 9.17. The van der Waals surface area contributed by atoms with Gasteiger partial charge in [0.1, 0.15) is 11.3 Å². The number of rotatable bonds is 6. The van der Waals surface area contributed by atoms with Crippen LogP contribution in [0.15, 0.2) is 59.5 Å². The number of amides is 1. The van der Waals surface area contributed by atoms with Crippen molar-refractivity contribution in [3.8, 4) is 0 Å². The molecule has 8 heteroatoms. The van der Waals surface area contributed by atoms with E-state index in [1.807, 2.05) is 48.0 Å². The number of aryl methyl sites for hydroxylation is 2. The van der Waals surface area contributed by atoms with Crippen molar-refractivity contribution in [1.82, 2.24) is 19.4 Å². The second-order valence-corrected chi connectivity index (χ2v) is 9.17. The van der Waals surface area contributed by atoms with E-state index in [2.05, 4.69) is 15.1 Å². The third kappa shape index (κ3) is 4.41. The molecule has 0 radical (unpaired) electrons.